The normalized spacial score (nSPS) is 14.9. The highest BCUT2D eigenvalue weighted by Gasteiger charge is 2.21. The number of hydrogen-bond acceptors (Lipinski definition) is 5. The zero-order valence-corrected chi connectivity index (χ0v) is 22.6. The lowest BCUT2D eigenvalue weighted by Crippen LogP contribution is -2.38. The zero-order valence-electron chi connectivity index (χ0n) is 22.6. The SMILES string of the molecule is COCc1cc(C(=O)O)ccc1-c1ccccc1C.COCc1cc(C(=O)O)ccc1N1CCCCC1C. The minimum absolute atomic E-state index is 0.282. The van der Waals surface area contributed by atoms with Gasteiger partial charge < -0.3 is 24.6 Å². The van der Waals surface area contributed by atoms with E-state index < -0.39 is 11.9 Å². The summed E-state index contributed by atoms with van der Waals surface area (Å²) in [5, 5.41) is 18.1. The van der Waals surface area contributed by atoms with E-state index in [0.29, 0.717) is 24.8 Å². The average Bonchev–Trinajstić information content (AvgIpc) is 2.90. The molecule has 0 amide bonds. The van der Waals surface area contributed by atoms with Gasteiger partial charge in [-0.05, 0) is 85.7 Å². The van der Waals surface area contributed by atoms with Crippen molar-refractivity contribution < 1.29 is 29.3 Å². The first-order valence-electron chi connectivity index (χ1n) is 12.8. The lowest BCUT2D eigenvalue weighted by atomic mass is 9.95. The molecule has 0 aliphatic carbocycles. The van der Waals surface area contributed by atoms with Crippen LogP contribution in [-0.4, -0.2) is 49.0 Å². The molecule has 0 spiro atoms. The predicted molar refractivity (Wildman–Crippen MR) is 149 cm³/mol. The van der Waals surface area contributed by atoms with Crippen molar-refractivity contribution in [1.29, 1.82) is 0 Å². The van der Waals surface area contributed by atoms with E-state index in [9.17, 15) is 9.59 Å². The van der Waals surface area contributed by atoms with Gasteiger partial charge in [0.1, 0.15) is 0 Å². The fourth-order valence-corrected chi connectivity index (χ4v) is 4.87. The van der Waals surface area contributed by atoms with Crippen LogP contribution in [0, 0.1) is 6.92 Å². The van der Waals surface area contributed by atoms with Gasteiger partial charge in [-0.15, -0.1) is 0 Å². The summed E-state index contributed by atoms with van der Waals surface area (Å²) in [6.45, 7) is 6.13. The number of carboxylic acid groups (broad SMARTS) is 2. The summed E-state index contributed by atoms with van der Waals surface area (Å²) < 4.78 is 10.4. The standard InChI is InChI=1S/C16H16O3.C15H21NO3/c1-11-5-3-4-6-14(11)15-8-7-12(16(17)18)9-13(15)10-19-2;1-11-5-3-4-8-16(11)14-7-6-12(15(17)18)9-13(14)10-19-2/h3-9H,10H2,1-2H3,(H,17,18);6-7,9,11H,3-5,8,10H2,1-2H3,(H,17,18). The van der Waals surface area contributed by atoms with Gasteiger partial charge in [-0.3, -0.25) is 0 Å². The number of aromatic carboxylic acids is 2. The van der Waals surface area contributed by atoms with E-state index in [2.05, 4.69) is 11.8 Å². The van der Waals surface area contributed by atoms with Crippen molar-refractivity contribution in [3.8, 4) is 11.1 Å². The van der Waals surface area contributed by atoms with Crippen molar-refractivity contribution in [2.75, 3.05) is 25.7 Å². The first-order valence-corrected chi connectivity index (χ1v) is 12.8. The van der Waals surface area contributed by atoms with Crippen molar-refractivity contribution >= 4 is 17.6 Å². The highest BCUT2D eigenvalue weighted by Crippen LogP contribution is 2.30. The molecule has 7 nitrogen and oxygen atoms in total. The molecule has 2 N–H and O–H groups in total. The van der Waals surface area contributed by atoms with Gasteiger partial charge in [0.2, 0.25) is 0 Å². The number of anilines is 1. The molecule has 0 aromatic heterocycles. The smallest absolute Gasteiger partial charge is 0.335 e. The monoisotopic (exact) mass is 519 g/mol. The molecular weight excluding hydrogens is 482 g/mol. The maximum atomic E-state index is 11.1. The quantitative estimate of drug-likeness (QED) is 0.355. The second-order valence-electron chi connectivity index (χ2n) is 9.54. The summed E-state index contributed by atoms with van der Waals surface area (Å²) in [6.07, 6.45) is 3.65. The van der Waals surface area contributed by atoms with E-state index in [0.717, 1.165) is 40.0 Å². The first kappa shape index (κ1) is 28.9. The van der Waals surface area contributed by atoms with E-state index in [-0.39, 0.29) is 5.56 Å². The van der Waals surface area contributed by atoms with Crippen molar-refractivity contribution in [2.24, 2.45) is 0 Å². The van der Waals surface area contributed by atoms with Crippen LogP contribution < -0.4 is 4.90 Å². The van der Waals surface area contributed by atoms with Crippen LogP contribution in [0.25, 0.3) is 11.1 Å². The molecule has 0 bridgehead atoms. The molecule has 1 fully saturated rings. The van der Waals surface area contributed by atoms with Crippen molar-refractivity contribution in [1.82, 2.24) is 0 Å². The predicted octanol–water partition coefficient (Wildman–Crippen LogP) is 6.42. The van der Waals surface area contributed by atoms with Gasteiger partial charge in [-0.2, -0.15) is 0 Å². The Bertz CT molecular complexity index is 1250. The number of piperidine rings is 1. The first-order chi connectivity index (χ1) is 18.3. The molecular formula is C31H37NO6. The summed E-state index contributed by atoms with van der Waals surface area (Å²) in [6, 6.07) is 19.0. The highest BCUT2D eigenvalue weighted by atomic mass is 16.5. The van der Waals surface area contributed by atoms with Gasteiger partial charge in [-0.25, -0.2) is 9.59 Å². The molecule has 3 aromatic carbocycles. The van der Waals surface area contributed by atoms with E-state index in [4.69, 9.17) is 19.7 Å². The van der Waals surface area contributed by atoms with Gasteiger partial charge in [0.15, 0.2) is 0 Å². The molecule has 1 heterocycles. The van der Waals surface area contributed by atoms with Crippen LogP contribution in [0.4, 0.5) is 5.69 Å². The lowest BCUT2D eigenvalue weighted by molar-refractivity contribution is 0.0685. The van der Waals surface area contributed by atoms with Crippen molar-refractivity contribution in [3.63, 3.8) is 0 Å². The van der Waals surface area contributed by atoms with E-state index in [1.165, 1.54) is 19.3 Å². The average molecular weight is 520 g/mol. The fraction of sp³-hybridized carbons (Fsp3) is 0.355. The number of methoxy groups -OCH3 is 2. The number of aryl methyl sites for hydroxylation is 1. The van der Waals surface area contributed by atoms with Gasteiger partial charge in [-0.1, -0.05) is 30.3 Å². The Morgan fingerprint density at radius 3 is 2.05 bits per heavy atom. The van der Waals surface area contributed by atoms with Crippen molar-refractivity contribution in [2.45, 2.75) is 52.4 Å². The molecule has 7 heteroatoms. The molecule has 1 unspecified atom stereocenters. The third-order valence-corrected chi connectivity index (χ3v) is 6.83. The number of carbonyl (C=O) groups is 2. The zero-order chi connectivity index (χ0) is 27.7. The molecule has 4 rings (SSSR count). The minimum Gasteiger partial charge on any atom is -0.478 e. The molecule has 0 saturated carbocycles. The molecule has 38 heavy (non-hydrogen) atoms. The number of ether oxygens (including phenoxy) is 2. The lowest BCUT2D eigenvalue weighted by Gasteiger charge is -2.36. The third-order valence-electron chi connectivity index (χ3n) is 6.83. The molecule has 1 atom stereocenters. The molecule has 1 aliphatic rings. The molecule has 3 aromatic rings. The molecule has 1 aliphatic heterocycles. The van der Waals surface area contributed by atoms with Gasteiger partial charge in [0.05, 0.1) is 24.3 Å². The Hall–Kier alpha value is -3.68. The van der Waals surface area contributed by atoms with Crippen LogP contribution in [0.5, 0.6) is 0 Å². The number of benzene rings is 3. The van der Waals surface area contributed by atoms with Gasteiger partial charge in [0, 0.05) is 38.1 Å². The van der Waals surface area contributed by atoms with E-state index >= 15 is 0 Å². The Balaban J connectivity index is 0.000000211. The van der Waals surface area contributed by atoms with E-state index in [1.807, 2.05) is 43.3 Å². The molecule has 1 saturated heterocycles. The van der Waals surface area contributed by atoms with Crippen LogP contribution in [0.15, 0.2) is 60.7 Å². The topological polar surface area (TPSA) is 96.3 Å². The second-order valence-corrected chi connectivity index (χ2v) is 9.54. The number of carboxylic acids is 2. The summed E-state index contributed by atoms with van der Waals surface area (Å²) in [7, 11) is 3.24. The fourth-order valence-electron chi connectivity index (χ4n) is 4.87. The second kappa shape index (κ2) is 13.7. The van der Waals surface area contributed by atoms with Gasteiger partial charge >= 0.3 is 11.9 Å². The Morgan fingerprint density at radius 1 is 0.842 bits per heavy atom. The molecule has 0 radical (unpaired) electrons. The summed E-state index contributed by atoms with van der Waals surface area (Å²) in [4.78, 5) is 24.5. The minimum atomic E-state index is -0.923. The molecule has 202 valence electrons. The Labute approximate surface area is 224 Å². The van der Waals surface area contributed by atoms with Crippen LogP contribution >= 0.6 is 0 Å². The third kappa shape index (κ3) is 7.21. The Kier molecular flexibility index (Phi) is 10.4. The highest BCUT2D eigenvalue weighted by molar-refractivity contribution is 5.89. The van der Waals surface area contributed by atoms with Gasteiger partial charge in [0.25, 0.3) is 0 Å². The van der Waals surface area contributed by atoms with Crippen LogP contribution in [0.3, 0.4) is 0 Å². The Morgan fingerprint density at radius 2 is 1.45 bits per heavy atom. The van der Waals surface area contributed by atoms with Crippen LogP contribution in [0.1, 0.15) is 63.6 Å². The summed E-state index contributed by atoms with van der Waals surface area (Å²) >= 11 is 0. The summed E-state index contributed by atoms with van der Waals surface area (Å²) in [5.41, 5.74) is 6.83. The van der Waals surface area contributed by atoms with E-state index in [1.54, 1.807) is 38.5 Å². The number of nitrogens with zero attached hydrogens (tertiary/aromatic N) is 1. The van der Waals surface area contributed by atoms with Crippen LogP contribution in [-0.2, 0) is 22.7 Å². The number of rotatable bonds is 8. The number of hydrogen-bond donors (Lipinski definition) is 2. The maximum absolute atomic E-state index is 11.1. The maximum Gasteiger partial charge on any atom is 0.335 e. The summed E-state index contributed by atoms with van der Waals surface area (Å²) in [5.74, 6) is -1.82. The van der Waals surface area contributed by atoms with Crippen molar-refractivity contribution in [3.05, 3.63) is 88.5 Å². The van der Waals surface area contributed by atoms with Crippen LogP contribution in [0.2, 0.25) is 0 Å². The largest absolute Gasteiger partial charge is 0.478 e.